The van der Waals surface area contributed by atoms with Gasteiger partial charge in [-0.3, -0.25) is 0 Å². The zero-order chi connectivity index (χ0) is 15.5. The molecule has 0 unspecified atom stereocenters. The van der Waals surface area contributed by atoms with E-state index in [0.29, 0.717) is 12.2 Å². The van der Waals surface area contributed by atoms with E-state index in [1.54, 1.807) is 0 Å². The molecule has 1 aromatic heterocycles. The summed E-state index contributed by atoms with van der Waals surface area (Å²) in [6.07, 6.45) is 0.309. The maximum absolute atomic E-state index is 8.93. The molecule has 0 saturated heterocycles. The van der Waals surface area contributed by atoms with Crippen LogP contribution < -0.4 is 0 Å². The first-order chi connectivity index (χ1) is 10.7. The quantitative estimate of drug-likeness (QED) is 0.583. The Labute approximate surface area is 142 Å². The Morgan fingerprint density at radius 3 is 2.14 bits per heavy atom. The number of hydrogen-bond acceptors (Lipinski definition) is 3. The van der Waals surface area contributed by atoms with Crippen molar-refractivity contribution in [2.45, 2.75) is 13.3 Å². The lowest BCUT2D eigenvalue weighted by Gasteiger charge is -2.04. The van der Waals surface area contributed by atoms with Crippen molar-refractivity contribution in [3.63, 3.8) is 0 Å². The van der Waals surface area contributed by atoms with Gasteiger partial charge in [0, 0.05) is 14.7 Å². The molecule has 4 heteroatoms. The number of nitrogens with zero attached hydrogens (tertiary/aromatic N) is 2. The molecule has 2 aromatic carbocycles. The van der Waals surface area contributed by atoms with Crippen molar-refractivity contribution < 1.29 is 4.52 Å². The molecule has 1 heterocycles. The number of benzene rings is 2. The highest BCUT2D eigenvalue weighted by atomic mass is 127. The molecule has 108 valence electrons. The smallest absolute Gasteiger partial charge is 0.171 e. The van der Waals surface area contributed by atoms with Crippen molar-refractivity contribution >= 4 is 22.6 Å². The molecule has 0 aliphatic heterocycles. The van der Waals surface area contributed by atoms with Gasteiger partial charge >= 0.3 is 0 Å². The number of rotatable bonds is 3. The first-order valence-corrected chi connectivity index (χ1v) is 7.95. The molecule has 0 aliphatic carbocycles. The van der Waals surface area contributed by atoms with E-state index in [9.17, 15) is 0 Å². The van der Waals surface area contributed by atoms with Crippen LogP contribution in [0.3, 0.4) is 0 Å². The lowest BCUT2D eigenvalue weighted by molar-refractivity contribution is 0.427. The highest BCUT2D eigenvalue weighted by Gasteiger charge is 2.14. The van der Waals surface area contributed by atoms with Crippen molar-refractivity contribution in [2.75, 3.05) is 0 Å². The monoisotopic (exact) mass is 400 g/mol. The average molecular weight is 400 g/mol. The molecule has 0 fully saturated rings. The van der Waals surface area contributed by atoms with E-state index in [0.717, 1.165) is 22.4 Å². The molecule has 0 radical (unpaired) electrons. The maximum Gasteiger partial charge on any atom is 0.171 e. The minimum absolute atomic E-state index is 0.309. The van der Waals surface area contributed by atoms with Crippen molar-refractivity contribution in [3.05, 3.63) is 63.4 Å². The summed E-state index contributed by atoms with van der Waals surface area (Å²) in [6, 6.07) is 18.7. The molecular formula is C18H13IN2O. The number of hydrogen-bond donors (Lipinski definition) is 0. The fourth-order valence-electron chi connectivity index (χ4n) is 2.36. The summed E-state index contributed by atoms with van der Waals surface area (Å²) in [5.41, 5.74) is 4.92. The fraction of sp³-hybridized carbons (Fsp3) is 0.111. The third-order valence-corrected chi connectivity index (χ3v) is 4.28. The predicted molar refractivity (Wildman–Crippen MR) is 94.1 cm³/mol. The summed E-state index contributed by atoms with van der Waals surface area (Å²) in [5, 5.41) is 12.9. The molecule has 0 saturated carbocycles. The normalized spacial score (nSPS) is 10.4. The van der Waals surface area contributed by atoms with E-state index in [4.69, 9.17) is 9.78 Å². The summed E-state index contributed by atoms with van der Waals surface area (Å²) >= 11 is 2.30. The molecule has 3 nitrogen and oxygen atoms in total. The SMILES string of the molecule is Cc1noc(-c2ccc(-c3ccc(I)cc3)cc2)c1CC#N. The second-order valence-electron chi connectivity index (χ2n) is 4.99. The number of aryl methyl sites for hydroxylation is 1. The number of nitriles is 1. The van der Waals surface area contributed by atoms with Crippen LogP contribution in [0.1, 0.15) is 11.3 Å². The van der Waals surface area contributed by atoms with E-state index in [-0.39, 0.29) is 0 Å². The summed E-state index contributed by atoms with van der Waals surface area (Å²) in [6.45, 7) is 1.86. The lowest BCUT2D eigenvalue weighted by Crippen LogP contribution is -1.87. The van der Waals surface area contributed by atoms with E-state index >= 15 is 0 Å². The molecule has 3 aromatic rings. The largest absolute Gasteiger partial charge is 0.356 e. The summed E-state index contributed by atoms with van der Waals surface area (Å²) in [5.74, 6) is 0.688. The molecule has 0 N–H and O–H groups in total. The molecular weight excluding hydrogens is 387 g/mol. The van der Waals surface area contributed by atoms with Crippen molar-refractivity contribution in [1.82, 2.24) is 5.16 Å². The Hall–Kier alpha value is -2.13. The van der Waals surface area contributed by atoms with Gasteiger partial charge in [0.15, 0.2) is 5.76 Å². The lowest BCUT2D eigenvalue weighted by atomic mass is 10.0. The van der Waals surface area contributed by atoms with Crippen LogP contribution in [0.15, 0.2) is 53.1 Å². The predicted octanol–water partition coefficient (Wildman–Crippen LogP) is 4.99. The van der Waals surface area contributed by atoms with E-state index in [2.05, 4.69) is 70.2 Å². The number of aromatic nitrogens is 1. The molecule has 0 atom stereocenters. The minimum Gasteiger partial charge on any atom is -0.356 e. The average Bonchev–Trinajstić information content (AvgIpc) is 2.90. The van der Waals surface area contributed by atoms with Gasteiger partial charge in [-0.1, -0.05) is 41.6 Å². The zero-order valence-corrected chi connectivity index (χ0v) is 14.2. The van der Waals surface area contributed by atoms with Crippen molar-refractivity contribution in [3.8, 4) is 28.5 Å². The standard InChI is InChI=1S/C18H13IN2O/c1-12-17(10-11-20)18(22-21-12)15-4-2-13(3-5-15)14-6-8-16(19)9-7-14/h2-9H,10H2,1H3. The van der Waals surface area contributed by atoms with Gasteiger partial charge in [0.1, 0.15) is 0 Å². The molecule has 0 bridgehead atoms. The molecule has 0 aliphatic rings. The number of halogens is 1. The van der Waals surface area contributed by atoms with Crippen molar-refractivity contribution in [1.29, 1.82) is 5.26 Å². The van der Waals surface area contributed by atoms with Gasteiger partial charge in [0.25, 0.3) is 0 Å². The van der Waals surface area contributed by atoms with E-state index in [1.807, 2.05) is 19.1 Å². The van der Waals surface area contributed by atoms with E-state index < -0.39 is 0 Å². The Morgan fingerprint density at radius 1 is 1.00 bits per heavy atom. The Bertz CT molecular complexity index is 827. The summed E-state index contributed by atoms with van der Waals surface area (Å²) in [7, 11) is 0. The first kappa shape index (κ1) is 14.8. The van der Waals surface area contributed by atoms with Gasteiger partial charge in [-0.2, -0.15) is 5.26 Å². The van der Waals surface area contributed by atoms with Crippen LogP contribution in [0.4, 0.5) is 0 Å². The van der Waals surface area contributed by atoms with Gasteiger partial charge in [-0.25, -0.2) is 0 Å². The fourth-order valence-corrected chi connectivity index (χ4v) is 2.72. The van der Waals surface area contributed by atoms with Crippen molar-refractivity contribution in [2.24, 2.45) is 0 Å². The maximum atomic E-state index is 8.93. The van der Waals surface area contributed by atoms with Crippen LogP contribution in [-0.4, -0.2) is 5.16 Å². The summed E-state index contributed by atoms with van der Waals surface area (Å²) in [4.78, 5) is 0. The highest BCUT2D eigenvalue weighted by Crippen LogP contribution is 2.29. The Morgan fingerprint density at radius 2 is 1.55 bits per heavy atom. The minimum atomic E-state index is 0.309. The highest BCUT2D eigenvalue weighted by molar-refractivity contribution is 14.1. The van der Waals surface area contributed by atoms with Crippen LogP contribution in [0.2, 0.25) is 0 Å². The van der Waals surface area contributed by atoms with Crippen LogP contribution in [-0.2, 0) is 6.42 Å². The van der Waals surface area contributed by atoms with Crippen LogP contribution in [0.5, 0.6) is 0 Å². The first-order valence-electron chi connectivity index (χ1n) is 6.87. The Balaban J connectivity index is 1.95. The van der Waals surface area contributed by atoms with Crippen LogP contribution >= 0.6 is 22.6 Å². The molecule has 22 heavy (non-hydrogen) atoms. The second-order valence-corrected chi connectivity index (χ2v) is 6.24. The van der Waals surface area contributed by atoms with Gasteiger partial charge in [-0.15, -0.1) is 0 Å². The molecule has 0 spiro atoms. The van der Waals surface area contributed by atoms with Crippen LogP contribution in [0.25, 0.3) is 22.5 Å². The van der Waals surface area contributed by atoms with Gasteiger partial charge in [0.2, 0.25) is 0 Å². The van der Waals surface area contributed by atoms with Gasteiger partial charge in [0.05, 0.1) is 18.2 Å². The third kappa shape index (κ3) is 2.90. The summed E-state index contributed by atoms with van der Waals surface area (Å²) < 4.78 is 6.61. The Kier molecular flexibility index (Phi) is 4.25. The molecule has 3 rings (SSSR count). The van der Waals surface area contributed by atoms with E-state index in [1.165, 1.54) is 9.13 Å². The second kappa shape index (κ2) is 6.32. The molecule has 0 amide bonds. The van der Waals surface area contributed by atoms with Crippen LogP contribution in [0, 0.1) is 21.8 Å². The topological polar surface area (TPSA) is 49.8 Å². The zero-order valence-electron chi connectivity index (χ0n) is 12.0. The van der Waals surface area contributed by atoms with Gasteiger partial charge < -0.3 is 4.52 Å². The van der Waals surface area contributed by atoms with Gasteiger partial charge in [-0.05, 0) is 52.8 Å². The third-order valence-electron chi connectivity index (χ3n) is 3.57.